The van der Waals surface area contributed by atoms with Crippen LogP contribution in [0.25, 0.3) is 0 Å². The average Bonchev–Trinajstić information content (AvgIpc) is 2.36. The quantitative estimate of drug-likeness (QED) is 0.779. The van der Waals surface area contributed by atoms with Crippen LogP contribution >= 0.6 is 12.4 Å². The van der Waals surface area contributed by atoms with E-state index in [1.807, 2.05) is 6.92 Å². The number of halogens is 1. The van der Waals surface area contributed by atoms with Gasteiger partial charge in [0.25, 0.3) is 0 Å². The maximum atomic E-state index is 12.4. The average molecular weight is 371 g/mol. The summed E-state index contributed by atoms with van der Waals surface area (Å²) in [6.45, 7) is 5.24. The van der Waals surface area contributed by atoms with Gasteiger partial charge >= 0.3 is 0 Å². The summed E-state index contributed by atoms with van der Waals surface area (Å²) in [5, 5.41) is 2.93. The van der Waals surface area contributed by atoms with Gasteiger partial charge in [0.15, 0.2) is 9.84 Å². The first-order valence-corrected chi connectivity index (χ1v) is 9.84. The molecule has 0 bridgehead atoms. The molecule has 0 aliphatic rings. The van der Waals surface area contributed by atoms with Crippen LogP contribution in [0.15, 0.2) is 21.9 Å². The maximum Gasteiger partial charge on any atom is 0.240 e. The van der Waals surface area contributed by atoms with E-state index in [2.05, 4.69) is 10.0 Å². The van der Waals surface area contributed by atoms with Crippen LogP contribution in [0.1, 0.15) is 18.1 Å². The number of rotatable bonds is 6. The second-order valence-electron chi connectivity index (χ2n) is 5.20. The van der Waals surface area contributed by atoms with Crippen LogP contribution in [0.2, 0.25) is 0 Å². The van der Waals surface area contributed by atoms with Crippen molar-refractivity contribution in [2.75, 3.05) is 19.8 Å². The molecule has 9 heteroatoms. The predicted octanol–water partition coefficient (Wildman–Crippen LogP) is 1.01. The van der Waals surface area contributed by atoms with Crippen LogP contribution in [0.5, 0.6) is 0 Å². The van der Waals surface area contributed by atoms with E-state index in [0.717, 1.165) is 6.26 Å². The third kappa shape index (κ3) is 5.20. The zero-order chi connectivity index (χ0) is 16.4. The Kier molecular flexibility index (Phi) is 7.50. The third-order valence-corrected chi connectivity index (χ3v) is 5.99. The number of hydrogen-bond acceptors (Lipinski definition) is 5. The Balaban J connectivity index is 0.00000441. The molecule has 22 heavy (non-hydrogen) atoms. The van der Waals surface area contributed by atoms with Crippen LogP contribution in [0.4, 0.5) is 0 Å². The number of aryl methyl sites for hydroxylation is 1. The molecule has 0 spiro atoms. The molecule has 0 amide bonds. The molecule has 0 radical (unpaired) electrons. The molecule has 0 aliphatic carbocycles. The molecular formula is C13H23ClN2O4S2. The van der Waals surface area contributed by atoms with Gasteiger partial charge in [0.05, 0.1) is 9.79 Å². The Morgan fingerprint density at radius 1 is 1.09 bits per heavy atom. The summed E-state index contributed by atoms with van der Waals surface area (Å²) in [5.74, 6) is 0. The van der Waals surface area contributed by atoms with Crippen molar-refractivity contribution in [1.29, 1.82) is 0 Å². The van der Waals surface area contributed by atoms with E-state index in [4.69, 9.17) is 0 Å². The van der Waals surface area contributed by atoms with E-state index >= 15 is 0 Å². The zero-order valence-corrected chi connectivity index (χ0v) is 15.7. The number of nitrogens with one attached hydrogen (secondary N) is 2. The largest absolute Gasteiger partial charge is 0.316 e. The van der Waals surface area contributed by atoms with Gasteiger partial charge in [0.2, 0.25) is 10.0 Å². The molecule has 0 aliphatic heterocycles. The maximum absolute atomic E-state index is 12.4. The molecule has 0 saturated carbocycles. The molecule has 6 nitrogen and oxygen atoms in total. The molecule has 1 aromatic rings. The second kappa shape index (κ2) is 7.74. The molecule has 2 N–H and O–H groups in total. The highest BCUT2D eigenvalue weighted by molar-refractivity contribution is 7.91. The van der Waals surface area contributed by atoms with Gasteiger partial charge in [-0.1, -0.05) is 0 Å². The first-order valence-electron chi connectivity index (χ1n) is 6.47. The summed E-state index contributed by atoms with van der Waals surface area (Å²) in [6, 6.07) is 2.94. The van der Waals surface area contributed by atoms with Gasteiger partial charge < -0.3 is 5.32 Å². The molecule has 0 fully saturated rings. The summed E-state index contributed by atoms with van der Waals surface area (Å²) in [6.07, 6.45) is 1.07. The lowest BCUT2D eigenvalue weighted by Gasteiger charge is -2.15. The SMILES string of the molecule is CNC(C)CNS(=O)(=O)c1cc(C)cc(S(C)(=O)=O)c1C.Cl. The smallest absolute Gasteiger partial charge is 0.240 e. The van der Waals surface area contributed by atoms with Gasteiger partial charge in [-0.3, -0.25) is 0 Å². The van der Waals surface area contributed by atoms with Crippen molar-refractivity contribution in [3.05, 3.63) is 23.3 Å². The molecular weight excluding hydrogens is 348 g/mol. The molecule has 0 heterocycles. The van der Waals surface area contributed by atoms with Gasteiger partial charge in [-0.25, -0.2) is 21.6 Å². The highest BCUT2D eigenvalue weighted by Gasteiger charge is 2.23. The van der Waals surface area contributed by atoms with Crippen LogP contribution < -0.4 is 10.0 Å². The summed E-state index contributed by atoms with van der Waals surface area (Å²) in [4.78, 5) is 0.0516. The normalized spacial score (nSPS) is 13.5. The highest BCUT2D eigenvalue weighted by Crippen LogP contribution is 2.24. The minimum Gasteiger partial charge on any atom is -0.316 e. The molecule has 0 aromatic heterocycles. The monoisotopic (exact) mass is 370 g/mol. The van der Waals surface area contributed by atoms with Gasteiger partial charge in [0.1, 0.15) is 0 Å². The van der Waals surface area contributed by atoms with Crippen molar-refractivity contribution < 1.29 is 16.8 Å². The number of sulfone groups is 1. The number of sulfonamides is 1. The van der Waals surface area contributed by atoms with E-state index in [-0.39, 0.29) is 40.3 Å². The van der Waals surface area contributed by atoms with Crippen LogP contribution in [-0.2, 0) is 19.9 Å². The van der Waals surface area contributed by atoms with Crippen LogP contribution in [0.3, 0.4) is 0 Å². The topological polar surface area (TPSA) is 92.3 Å². The Hall–Kier alpha value is -0.670. The fourth-order valence-corrected chi connectivity index (χ4v) is 4.48. The van der Waals surface area contributed by atoms with Crippen LogP contribution in [-0.4, -0.2) is 42.7 Å². The molecule has 1 atom stereocenters. The second-order valence-corrected chi connectivity index (χ2v) is 8.92. The minimum absolute atomic E-state index is 0. The van der Waals surface area contributed by atoms with Crippen molar-refractivity contribution >= 4 is 32.3 Å². The molecule has 0 saturated heterocycles. The lowest BCUT2D eigenvalue weighted by molar-refractivity contribution is 0.553. The Morgan fingerprint density at radius 3 is 2.05 bits per heavy atom. The standard InChI is InChI=1S/C13H22N2O4S2.ClH/c1-9-6-12(20(5,16)17)11(3)13(7-9)21(18,19)15-8-10(2)14-4;/h6-7,10,14-15H,8H2,1-5H3;1H. The third-order valence-electron chi connectivity index (χ3n) is 3.22. The predicted molar refractivity (Wildman–Crippen MR) is 90.0 cm³/mol. The van der Waals surface area contributed by atoms with Gasteiger partial charge in [-0.15, -0.1) is 12.4 Å². The lowest BCUT2D eigenvalue weighted by atomic mass is 10.2. The number of hydrogen-bond donors (Lipinski definition) is 2. The van der Waals surface area contributed by atoms with E-state index in [1.54, 1.807) is 14.0 Å². The number of benzene rings is 1. The molecule has 1 rings (SSSR count). The fraction of sp³-hybridized carbons (Fsp3) is 0.538. The van der Waals surface area contributed by atoms with Crippen molar-refractivity contribution in [1.82, 2.24) is 10.0 Å². The van der Waals surface area contributed by atoms with Crippen LogP contribution in [0, 0.1) is 13.8 Å². The van der Waals surface area contributed by atoms with Gasteiger partial charge in [-0.2, -0.15) is 0 Å². The Labute approximate surface area is 139 Å². The summed E-state index contributed by atoms with van der Waals surface area (Å²) >= 11 is 0. The van der Waals surface area contributed by atoms with E-state index in [0.29, 0.717) is 5.56 Å². The van der Waals surface area contributed by atoms with Crippen molar-refractivity contribution in [3.8, 4) is 0 Å². The van der Waals surface area contributed by atoms with Crippen molar-refractivity contribution in [3.63, 3.8) is 0 Å². The molecule has 1 aromatic carbocycles. The Bertz CT molecular complexity index is 731. The lowest BCUT2D eigenvalue weighted by Crippen LogP contribution is -2.37. The summed E-state index contributed by atoms with van der Waals surface area (Å²) in [7, 11) is -5.50. The number of likely N-dealkylation sites (N-methyl/N-ethyl adjacent to an activating group) is 1. The van der Waals surface area contributed by atoms with Crippen molar-refractivity contribution in [2.24, 2.45) is 0 Å². The molecule has 1 unspecified atom stereocenters. The minimum atomic E-state index is -3.76. The first-order chi connectivity index (χ1) is 9.49. The van der Waals surface area contributed by atoms with Gasteiger partial charge in [-0.05, 0) is 51.1 Å². The first kappa shape index (κ1) is 21.3. The molecule has 128 valence electrons. The zero-order valence-electron chi connectivity index (χ0n) is 13.3. The Morgan fingerprint density at radius 2 is 1.59 bits per heavy atom. The summed E-state index contributed by atoms with van der Waals surface area (Å²) in [5.41, 5.74) is 0.829. The van der Waals surface area contributed by atoms with Crippen molar-refractivity contribution in [2.45, 2.75) is 36.6 Å². The highest BCUT2D eigenvalue weighted by atomic mass is 35.5. The summed E-state index contributed by atoms with van der Waals surface area (Å²) < 4.78 is 50.8. The van der Waals surface area contributed by atoms with Gasteiger partial charge in [0, 0.05) is 18.8 Å². The fourth-order valence-electron chi connectivity index (χ4n) is 1.87. The van der Waals surface area contributed by atoms with E-state index in [1.165, 1.54) is 19.1 Å². The van der Waals surface area contributed by atoms with E-state index < -0.39 is 19.9 Å². The van der Waals surface area contributed by atoms with E-state index in [9.17, 15) is 16.8 Å².